The van der Waals surface area contributed by atoms with Gasteiger partial charge in [0, 0.05) is 24.2 Å². The molecule has 0 aliphatic rings. The number of aryl methyl sites for hydroxylation is 1. The summed E-state index contributed by atoms with van der Waals surface area (Å²) < 4.78 is 11.7. The summed E-state index contributed by atoms with van der Waals surface area (Å²) in [5, 5.41) is 15.9. The zero-order valence-corrected chi connectivity index (χ0v) is 17.5. The van der Waals surface area contributed by atoms with E-state index in [1.807, 2.05) is 19.1 Å². The number of halogens is 1. The van der Waals surface area contributed by atoms with Gasteiger partial charge >= 0.3 is 0 Å². The van der Waals surface area contributed by atoms with E-state index in [4.69, 9.17) is 26.2 Å². The molecule has 0 saturated carbocycles. The average molecular weight is 407 g/mol. The highest BCUT2D eigenvalue weighted by Crippen LogP contribution is 2.34. The smallest absolute Gasteiger partial charge is 0.163 e. The van der Waals surface area contributed by atoms with Crippen molar-refractivity contribution in [3.8, 4) is 11.5 Å². The third-order valence-electron chi connectivity index (χ3n) is 4.24. The standard InChI is InChI=1S/C22H31ClN2O3/c1-3-27-21-13-19(15-25-10-4-9-24-11-12-26)20(23)14-22(21)28-16-18-7-5-17(2)6-8-18/h5-8,13-14,24-26H,3-4,9-12,15-16H2,1-2H3. The fraction of sp³-hybridized carbons (Fsp3) is 0.455. The summed E-state index contributed by atoms with van der Waals surface area (Å²) in [6.07, 6.45) is 0.980. The Kier molecular flexibility index (Phi) is 10.1. The van der Waals surface area contributed by atoms with E-state index in [0.717, 1.165) is 30.6 Å². The van der Waals surface area contributed by atoms with Gasteiger partial charge in [-0.15, -0.1) is 0 Å². The van der Waals surface area contributed by atoms with Gasteiger partial charge in [-0.05, 0) is 50.6 Å². The van der Waals surface area contributed by atoms with Gasteiger partial charge in [0.25, 0.3) is 0 Å². The molecular formula is C22H31ClN2O3. The first kappa shape index (κ1) is 22.5. The van der Waals surface area contributed by atoms with Crippen molar-refractivity contribution in [3.63, 3.8) is 0 Å². The van der Waals surface area contributed by atoms with E-state index in [1.165, 1.54) is 5.56 Å². The molecule has 0 spiro atoms. The summed E-state index contributed by atoms with van der Waals surface area (Å²) in [6, 6.07) is 12.1. The van der Waals surface area contributed by atoms with E-state index < -0.39 is 0 Å². The molecule has 0 radical (unpaired) electrons. The number of hydrogen-bond acceptors (Lipinski definition) is 5. The van der Waals surface area contributed by atoms with Crippen molar-refractivity contribution >= 4 is 11.6 Å². The Morgan fingerprint density at radius 3 is 2.39 bits per heavy atom. The normalized spacial score (nSPS) is 10.9. The van der Waals surface area contributed by atoms with E-state index in [-0.39, 0.29) is 6.61 Å². The third-order valence-corrected chi connectivity index (χ3v) is 4.59. The van der Waals surface area contributed by atoms with Crippen molar-refractivity contribution in [1.82, 2.24) is 10.6 Å². The van der Waals surface area contributed by atoms with Gasteiger partial charge in [-0.25, -0.2) is 0 Å². The lowest BCUT2D eigenvalue weighted by Crippen LogP contribution is -2.24. The molecular weight excluding hydrogens is 376 g/mol. The molecule has 0 fully saturated rings. The van der Waals surface area contributed by atoms with Crippen LogP contribution in [0.15, 0.2) is 36.4 Å². The third kappa shape index (κ3) is 7.68. The van der Waals surface area contributed by atoms with Crippen LogP contribution in [0.2, 0.25) is 5.02 Å². The van der Waals surface area contributed by atoms with Crippen LogP contribution in [0.4, 0.5) is 0 Å². The lowest BCUT2D eigenvalue weighted by molar-refractivity contribution is 0.269. The van der Waals surface area contributed by atoms with Crippen molar-refractivity contribution in [2.45, 2.75) is 33.4 Å². The molecule has 5 nitrogen and oxygen atoms in total. The number of benzene rings is 2. The quantitative estimate of drug-likeness (QED) is 0.443. The van der Waals surface area contributed by atoms with Crippen LogP contribution in [0.25, 0.3) is 0 Å². The van der Waals surface area contributed by atoms with Gasteiger partial charge in [0.15, 0.2) is 11.5 Å². The first-order chi connectivity index (χ1) is 13.6. The van der Waals surface area contributed by atoms with Gasteiger partial charge in [-0.2, -0.15) is 0 Å². The maximum absolute atomic E-state index is 8.74. The predicted octanol–water partition coefficient (Wildman–Crippen LogP) is 3.69. The molecule has 0 aliphatic heterocycles. The number of aliphatic hydroxyl groups is 1. The van der Waals surface area contributed by atoms with Crippen LogP contribution in [0.5, 0.6) is 11.5 Å². The minimum Gasteiger partial charge on any atom is -0.490 e. The van der Waals surface area contributed by atoms with Gasteiger partial charge < -0.3 is 25.2 Å². The van der Waals surface area contributed by atoms with Crippen molar-refractivity contribution in [2.75, 3.05) is 32.8 Å². The number of ether oxygens (including phenoxy) is 2. The lowest BCUT2D eigenvalue weighted by atomic mass is 10.1. The van der Waals surface area contributed by atoms with Gasteiger partial charge in [-0.1, -0.05) is 41.4 Å². The number of aliphatic hydroxyl groups excluding tert-OH is 1. The molecule has 0 heterocycles. The maximum atomic E-state index is 8.74. The zero-order valence-electron chi connectivity index (χ0n) is 16.8. The summed E-state index contributed by atoms with van der Waals surface area (Å²) in [6.45, 7) is 8.25. The van der Waals surface area contributed by atoms with Crippen LogP contribution in [-0.2, 0) is 13.2 Å². The molecule has 0 bridgehead atoms. The Labute approximate surface area is 173 Å². The van der Waals surface area contributed by atoms with Crippen LogP contribution in [-0.4, -0.2) is 38.0 Å². The Hall–Kier alpha value is -1.79. The molecule has 0 saturated heterocycles. The molecule has 2 aromatic carbocycles. The van der Waals surface area contributed by atoms with E-state index >= 15 is 0 Å². The van der Waals surface area contributed by atoms with Crippen LogP contribution in [0.3, 0.4) is 0 Å². The second-order valence-electron chi connectivity index (χ2n) is 6.60. The number of hydrogen-bond donors (Lipinski definition) is 3. The molecule has 0 aromatic heterocycles. The summed E-state index contributed by atoms with van der Waals surface area (Å²) in [5.41, 5.74) is 3.31. The Morgan fingerprint density at radius 1 is 0.964 bits per heavy atom. The molecule has 0 unspecified atom stereocenters. The summed E-state index contributed by atoms with van der Waals surface area (Å²) in [5.74, 6) is 1.37. The molecule has 0 atom stereocenters. The molecule has 2 rings (SSSR count). The first-order valence-corrected chi connectivity index (χ1v) is 10.2. The second-order valence-corrected chi connectivity index (χ2v) is 7.01. The molecule has 6 heteroatoms. The fourth-order valence-corrected chi connectivity index (χ4v) is 2.93. The van der Waals surface area contributed by atoms with Crippen molar-refractivity contribution in [3.05, 3.63) is 58.1 Å². The minimum absolute atomic E-state index is 0.168. The van der Waals surface area contributed by atoms with Gasteiger partial charge in [0.2, 0.25) is 0 Å². The SMILES string of the molecule is CCOc1cc(CNCCCNCCO)c(Cl)cc1OCc1ccc(C)cc1. The molecule has 0 aliphatic carbocycles. The molecule has 3 N–H and O–H groups in total. The van der Waals surface area contributed by atoms with E-state index in [2.05, 4.69) is 41.8 Å². The molecule has 0 amide bonds. The van der Waals surface area contributed by atoms with Crippen molar-refractivity contribution in [1.29, 1.82) is 0 Å². The second kappa shape index (κ2) is 12.6. The van der Waals surface area contributed by atoms with Gasteiger partial charge in [0.05, 0.1) is 13.2 Å². The van der Waals surface area contributed by atoms with Gasteiger partial charge in [0.1, 0.15) is 6.61 Å². The Morgan fingerprint density at radius 2 is 1.68 bits per heavy atom. The minimum atomic E-state index is 0.168. The van der Waals surface area contributed by atoms with Gasteiger partial charge in [-0.3, -0.25) is 0 Å². The van der Waals surface area contributed by atoms with Crippen LogP contribution in [0.1, 0.15) is 30.0 Å². The largest absolute Gasteiger partial charge is 0.490 e. The van der Waals surface area contributed by atoms with E-state index in [9.17, 15) is 0 Å². The zero-order chi connectivity index (χ0) is 20.2. The summed E-state index contributed by atoms with van der Waals surface area (Å²) in [4.78, 5) is 0. The average Bonchev–Trinajstić information content (AvgIpc) is 2.69. The number of nitrogens with one attached hydrogen (secondary N) is 2. The van der Waals surface area contributed by atoms with Crippen molar-refractivity contribution in [2.24, 2.45) is 0 Å². The van der Waals surface area contributed by atoms with E-state index in [0.29, 0.717) is 42.8 Å². The number of rotatable bonds is 13. The molecule has 28 heavy (non-hydrogen) atoms. The topological polar surface area (TPSA) is 62.8 Å². The van der Waals surface area contributed by atoms with Crippen molar-refractivity contribution < 1.29 is 14.6 Å². The Balaban J connectivity index is 1.93. The highest BCUT2D eigenvalue weighted by molar-refractivity contribution is 6.31. The Bertz CT molecular complexity index is 708. The highest BCUT2D eigenvalue weighted by Gasteiger charge is 2.11. The predicted molar refractivity (Wildman–Crippen MR) is 114 cm³/mol. The van der Waals surface area contributed by atoms with E-state index in [1.54, 1.807) is 0 Å². The maximum Gasteiger partial charge on any atom is 0.163 e. The molecule has 154 valence electrons. The summed E-state index contributed by atoms with van der Waals surface area (Å²) >= 11 is 6.47. The van der Waals surface area contributed by atoms with Crippen LogP contribution >= 0.6 is 11.6 Å². The monoisotopic (exact) mass is 406 g/mol. The lowest BCUT2D eigenvalue weighted by Gasteiger charge is -2.15. The fourth-order valence-electron chi connectivity index (χ4n) is 2.70. The van der Waals surface area contributed by atoms with Crippen LogP contribution in [0, 0.1) is 6.92 Å². The summed E-state index contributed by atoms with van der Waals surface area (Å²) in [7, 11) is 0. The highest BCUT2D eigenvalue weighted by atomic mass is 35.5. The first-order valence-electron chi connectivity index (χ1n) is 9.80. The molecule has 2 aromatic rings. The van der Waals surface area contributed by atoms with Crippen LogP contribution < -0.4 is 20.1 Å².